The summed E-state index contributed by atoms with van der Waals surface area (Å²) in [6.45, 7) is 4.16. The normalized spacial score (nSPS) is 21.2. The third kappa shape index (κ3) is 3.67. The molecular weight excluding hydrogens is 416 g/mol. The van der Waals surface area contributed by atoms with Gasteiger partial charge < -0.3 is 14.7 Å². The summed E-state index contributed by atoms with van der Waals surface area (Å²) in [4.78, 5) is 32.0. The van der Waals surface area contributed by atoms with E-state index in [9.17, 15) is 14.7 Å². The van der Waals surface area contributed by atoms with Crippen molar-refractivity contribution < 1.29 is 19.4 Å². The van der Waals surface area contributed by atoms with Gasteiger partial charge in [0.25, 0.3) is 11.7 Å². The Hall–Kier alpha value is -3.93. The highest BCUT2D eigenvalue weighted by Crippen LogP contribution is 2.42. The number of rotatable bonds is 4. The number of Topliss-reactive ketones (excluding diaryl/α,β-unsaturated/α-hetero) is 1. The Bertz CT molecular complexity index is 1280. The number of amides is 1. The van der Waals surface area contributed by atoms with Crippen molar-refractivity contribution in [3.05, 3.63) is 100 Å². The molecule has 1 fully saturated rings. The predicted molar refractivity (Wildman–Crippen MR) is 123 cm³/mol. The van der Waals surface area contributed by atoms with Crippen LogP contribution in [0.1, 0.15) is 40.8 Å². The van der Waals surface area contributed by atoms with Crippen molar-refractivity contribution in [1.82, 2.24) is 9.88 Å². The molecule has 5 rings (SSSR count). The Morgan fingerprint density at radius 1 is 1.12 bits per heavy atom. The Kier molecular flexibility index (Phi) is 5.21. The number of pyridine rings is 1. The van der Waals surface area contributed by atoms with Crippen LogP contribution < -0.4 is 4.74 Å². The molecule has 0 bridgehead atoms. The number of ether oxygens (including phenoxy) is 1. The molecule has 6 nitrogen and oxygen atoms in total. The quantitative estimate of drug-likeness (QED) is 0.371. The molecule has 3 heterocycles. The maximum Gasteiger partial charge on any atom is 0.295 e. The minimum atomic E-state index is -0.692. The average molecular weight is 440 g/mol. The van der Waals surface area contributed by atoms with Gasteiger partial charge in [-0.3, -0.25) is 14.6 Å². The van der Waals surface area contributed by atoms with E-state index in [1.807, 2.05) is 62.4 Å². The van der Waals surface area contributed by atoms with Gasteiger partial charge in [-0.2, -0.15) is 0 Å². The van der Waals surface area contributed by atoms with Gasteiger partial charge in [0.1, 0.15) is 17.6 Å². The van der Waals surface area contributed by atoms with E-state index in [4.69, 9.17) is 4.74 Å². The molecule has 0 saturated carbocycles. The fraction of sp³-hybridized carbons (Fsp3) is 0.222. The number of aromatic nitrogens is 1. The number of benzene rings is 2. The van der Waals surface area contributed by atoms with E-state index in [1.165, 1.54) is 4.90 Å². The molecule has 3 aromatic rings. The smallest absolute Gasteiger partial charge is 0.295 e. The first kappa shape index (κ1) is 20.9. The number of carbonyl (C=O) groups is 2. The van der Waals surface area contributed by atoms with E-state index >= 15 is 0 Å². The highest BCUT2D eigenvalue weighted by Gasteiger charge is 2.46. The van der Waals surface area contributed by atoms with E-state index in [1.54, 1.807) is 18.5 Å². The Labute approximate surface area is 192 Å². The van der Waals surface area contributed by atoms with Crippen LogP contribution >= 0.6 is 0 Å². The molecule has 2 aromatic carbocycles. The third-order valence-corrected chi connectivity index (χ3v) is 6.29. The summed E-state index contributed by atoms with van der Waals surface area (Å²) in [6, 6.07) is 16.0. The van der Waals surface area contributed by atoms with Gasteiger partial charge in [-0.25, -0.2) is 0 Å². The molecule has 0 aliphatic carbocycles. The lowest BCUT2D eigenvalue weighted by Crippen LogP contribution is -2.29. The number of aliphatic hydroxyl groups is 1. The zero-order valence-electron chi connectivity index (χ0n) is 18.5. The molecule has 2 unspecified atom stereocenters. The van der Waals surface area contributed by atoms with Gasteiger partial charge in [0.05, 0.1) is 11.6 Å². The Balaban J connectivity index is 1.65. The molecule has 2 aliphatic heterocycles. The number of fused-ring (bicyclic) bond motifs is 1. The molecule has 166 valence electrons. The first-order valence-corrected chi connectivity index (χ1v) is 11.0. The summed E-state index contributed by atoms with van der Waals surface area (Å²) in [5, 5.41) is 11.3. The average Bonchev–Trinajstić information content (AvgIpc) is 3.31. The van der Waals surface area contributed by atoms with Gasteiger partial charge in [0.15, 0.2) is 0 Å². The van der Waals surface area contributed by atoms with Crippen LogP contribution in [0, 0.1) is 6.92 Å². The number of aliphatic hydroxyl groups excluding tert-OH is 1. The topological polar surface area (TPSA) is 79.7 Å². The maximum atomic E-state index is 13.3. The van der Waals surface area contributed by atoms with E-state index in [0.29, 0.717) is 5.56 Å². The van der Waals surface area contributed by atoms with Crippen LogP contribution in [0.3, 0.4) is 0 Å². The molecule has 1 N–H and O–H groups in total. The maximum absolute atomic E-state index is 13.3. The fourth-order valence-electron chi connectivity index (χ4n) is 4.67. The van der Waals surface area contributed by atoms with Gasteiger partial charge >= 0.3 is 0 Å². The fourth-order valence-corrected chi connectivity index (χ4v) is 4.67. The van der Waals surface area contributed by atoms with Crippen LogP contribution in [0.15, 0.2) is 72.6 Å². The van der Waals surface area contributed by atoms with Gasteiger partial charge in [0.2, 0.25) is 0 Å². The molecule has 33 heavy (non-hydrogen) atoms. The Morgan fingerprint density at radius 2 is 1.88 bits per heavy atom. The molecule has 1 saturated heterocycles. The van der Waals surface area contributed by atoms with Crippen molar-refractivity contribution in [3.8, 4) is 5.75 Å². The number of nitrogens with zero attached hydrogens (tertiary/aromatic N) is 2. The van der Waals surface area contributed by atoms with Crippen molar-refractivity contribution in [3.63, 3.8) is 0 Å². The molecule has 6 heteroatoms. The largest absolute Gasteiger partial charge is 0.507 e. The van der Waals surface area contributed by atoms with E-state index < -0.39 is 17.7 Å². The summed E-state index contributed by atoms with van der Waals surface area (Å²) in [6.07, 6.45) is 4.11. The first-order valence-electron chi connectivity index (χ1n) is 11.0. The summed E-state index contributed by atoms with van der Waals surface area (Å²) >= 11 is 0. The molecule has 1 aromatic heterocycles. The van der Waals surface area contributed by atoms with Crippen molar-refractivity contribution >= 4 is 17.4 Å². The molecule has 1 amide bonds. The zero-order valence-corrected chi connectivity index (χ0v) is 18.5. The number of likely N-dealkylation sites (tertiary alicyclic amines) is 1. The molecular formula is C27H24N2O4. The molecule has 2 aliphatic rings. The van der Waals surface area contributed by atoms with Crippen molar-refractivity contribution in [2.75, 3.05) is 0 Å². The van der Waals surface area contributed by atoms with Crippen molar-refractivity contribution in [1.29, 1.82) is 0 Å². The highest BCUT2D eigenvalue weighted by molar-refractivity contribution is 6.46. The van der Waals surface area contributed by atoms with Gasteiger partial charge in [-0.05, 0) is 66.4 Å². The number of hydrogen-bond acceptors (Lipinski definition) is 5. The van der Waals surface area contributed by atoms with Crippen LogP contribution in [0.25, 0.3) is 5.76 Å². The SMILES string of the molecule is Cc1ccccc1C1/C(=C(\O)c2ccc3c(c2)CC(C)O3)C(=O)C(=O)N1Cc1ccncc1. The van der Waals surface area contributed by atoms with Crippen LogP contribution in [0.2, 0.25) is 0 Å². The summed E-state index contributed by atoms with van der Waals surface area (Å²) in [5.41, 5.74) is 4.19. The number of hydrogen-bond donors (Lipinski definition) is 1. The molecule has 2 atom stereocenters. The van der Waals surface area contributed by atoms with E-state index in [2.05, 4.69) is 4.98 Å². The lowest BCUT2D eigenvalue weighted by atomic mass is 9.92. The standard InChI is InChI=1S/C27H24N2O4/c1-16-5-3-4-6-21(16)24-23(25(30)19-7-8-22-20(14-19)13-17(2)33-22)26(31)27(32)29(24)15-18-9-11-28-12-10-18/h3-12,14,17,24,30H,13,15H2,1-2H3/b25-23+. The zero-order chi connectivity index (χ0) is 23.1. The second-order valence-corrected chi connectivity index (χ2v) is 8.59. The monoisotopic (exact) mass is 440 g/mol. The molecule has 0 radical (unpaired) electrons. The second-order valence-electron chi connectivity index (χ2n) is 8.59. The molecule has 0 spiro atoms. The highest BCUT2D eigenvalue weighted by atomic mass is 16.5. The van der Waals surface area contributed by atoms with Crippen molar-refractivity contribution in [2.45, 2.75) is 39.0 Å². The minimum absolute atomic E-state index is 0.0651. The van der Waals surface area contributed by atoms with E-state index in [-0.39, 0.29) is 24.0 Å². The minimum Gasteiger partial charge on any atom is -0.507 e. The lowest BCUT2D eigenvalue weighted by molar-refractivity contribution is -0.140. The third-order valence-electron chi connectivity index (χ3n) is 6.29. The second kappa shape index (κ2) is 8.20. The number of aryl methyl sites for hydroxylation is 1. The van der Waals surface area contributed by atoms with Crippen LogP contribution in [-0.2, 0) is 22.6 Å². The summed E-state index contributed by atoms with van der Waals surface area (Å²) in [5.74, 6) is -0.687. The number of carbonyl (C=O) groups excluding carboxylic acids is 2. The van der Waals surface area contributed by atoms with E-state index in [0.717, 1.165) is 34.4 Å². The van der Waals surface area contributed by atoms with Crippen LogP contribution in [0.4, 0.5) is 0 Å². The lowest BCUT2D eigenvalue weighted by Gasteiger charge is -2.26. The first-order chi connectivity index (χ1) is 15.9. The van der Waals surface area contributed by atoms with Gasteiger partial charge in [-0.15, -0.1) is 0 Å². The predicted octanol–water partition coefficient (Wildman–Crippen LogP) is 4.34. The summed E-state index contributed by atoms with van der Waals surface area (Å²) in [7, 11) is 0. The Morgan fingerprint density at radius 3 is 2.64 bits per heavy atom. The van der Waals surface area contributed by atoms with Crippen molar-refractivity contribution in [2.24, 2.45) is 0 Å². The van der Waals surface area contributed by atoms with Gasteiger partial charge in [-0.1, -0.05) is 24.3 Å². The summed E-state index contributed by atoms with van der Waals surface area (Å²) < 4.78 is 5.76. The van der Waals surface area contributed by atoms with Crippen LogP contribution in [-0.4, -0.2) is 32.8 Å². The number of ketones is 1. The van der Waals surface area contributed by atoms with Gasteiger partial charge in [0, 0.05) is 30.9 Å². The van der Waals surface area contributed by atoms with Crippen LogP contribution in [0.5, 0.6) is 5.75 Å².